The van der Waals surface area contributed by atoms with Crippen LogP contribution in [0.4, 0.5) is 5.95 Å². The van der Waals surface area contributed by atoms with Crippen LogP contribution in [0.15, 0.2) is 67.0 Å². The van der Waals surface area contributed by atoms with Crippen molar-refractivity contribution in [2.24, 2.45) is 0 Å². The fourth-order valence-electron chi connectivity index (χ4n) is 4.57. The van der Waals surface area contributed by atoms with E-state index in [1.54, 1.807) is 6.20 Å². The zero-order valence-corrected chi connectivity index (χ0v) is 20.6. The molecule has 0 bridgehead atoms. The Morgan fingerprint density at radius 3 is 2.69 bits per heavy atom. The lowest BCUT2D eigenvalue weighted by atomic mass is 10.1. The van der Waals surface area contributed by atoms with E-state index in [-0.39, 0.29) is 18.5 Å². The minimum Gasteiger partial charge on any atom is -0.387 e. The topological polar surface area (TPSA) is 106 Å². The van der Waals surface area contributed by atoms with Gasteiger partial charge in [-0.3, -0.25) is 4.79 Å². The lowest BCUT2D eigenvalue weighted by Crippen LogP contribution is -2.46. The fraction of sp³-hybridized carbons (Fsp3) is 0.296. The molecule has 3 heterocycles. The summed E-state index contributed by atoms with van der Waals surface area (Å²) in [5, 5.41) is 18.3. The molecule has 8 nitrogen and oxygen atoms in total. The average Bonchev–Trinajstić information content (AvgIpc) is 3.34. The number of para-hydroxylation sites is 1. The van der Waals surface area contributed by atoms with Gasteiger partial charge in [0.15, 0.2) is 0 Å². The molecule has 1 fully saturated rings. The number of likely N-dealkylation sites (tertiary alicyclic amines) is 1. The first kappa shape index (κ1) is 24.2. The molecule has 2 aromatic heterocycles. The zero-order valence-electron chi connectivity index (χ0n) is 19.8. The molecule has 1 unspecified atom stereocenters. The number of benzene rings is 2. The number of aromatic nitrogens is 3. The van der Waals surface area contributed by atoms with Crippen molar-refractivity contribution >= 4 is 34.4 Å². The molecule has 1 aliphatic heterocycles. The molecule has 0 aliphatic carbocycles. The van der Waals surface area contributed by atoms with Crippen LogP contribution in [0.3, 0.4) is 0 Å². The van der Waals surface area contributed by atoms with Crippen LogP contribution in [-0.2, 0) is 4.79 Å². The van der Waals surface area contributed by atoms with Crippen molar-refractivity contribution < 1.29 is 9.90 Å². The highest BCUT2D eigenvalue weighted by atomic mass is 35.5. The van der Waals surface area contributed by atoms with Crippen molar-refractivity contribution in [3.8, 4) is 11.3 Å². The normalized spacial score (nSPS) is 15.2. The number of carbonyl (C=O) groups excluding carboxylic acids is 1. The van der Waals surface area contributed by atoms with Gasteiger partial charge in [0.2, 0.25) is 11.9 Å². The van der Waals surface area contributed by atoms with Crippen molar-refractivity contribution in [1.82, 2.24) is 25.2 Å². The van der Waals surface area contributed by atoms with E-state index in [1.165, 1.54) is 0 Å². The molecule has 0 radical (unpaired) electrons. The summed E-state index contributed by atoms with van der Waals surface area (Å²) in [6, 6.07) is 17.6. The summed E-state index contributed by atoms with van der Waals surface area (Å²) < 4.78 is 0. The van der Waals surface area contributed by atoms with Gasteiger partial charge in [-0.2, -0.15) is 0 Å². The monoisotopic (exact) mass is 504 g/mol. The minimum atomic E-state index is -0.637. The summed E-state index contributed by atoms with van der Waals surface area (Å²) in [6.07, 6.45) is 4.50. The molecule has 0 spiro atoms. The van der Waals surface area contributed by atoms with Gasteiger partial charge in [0.05, 0.1) is 29.6 Å². The third-order valence-electron chi connectivity index (χ3n) is 6.57. The number of hydrogen-bond acceptors (Lipinski definition) is 6. The third-order valence-corrected chi connectivity index (χ3v) is 6.84. The first-order valence-electron chi connectivity index (χ1n) is 12.2. The van der Waals surface area contributed by atoms with Crippen LogP contribution in [0.2, 0.25) is 5.02 Å². The molecule has 1 atom stereocenters. The van der Waals surface area contributed by atoms with E-state index in [0.29, 0.717) is 36.3 Å². The molecule has 36 heavy (non-hydrogen) atoms. The summed E-state index contributed by atoms with van der Waals surface area (Å²) >= 11 is 6.45. The maximum Gasteiger partial charge on any atom is 0.236 e. The molecular weight excluding hydrogens is 476 g/mol. The summed E-state index contributed by atoms with van der Waals surface area (Å²) in [5.41, 5.74) is 3.48. The summed E-state index contributed by atoms with van der Waals surface area (Å²) in [6.45, 7) is 1.85. The van der Waals surface area contributed by atoms with Crippen molar-refractivity contribution in [2.75, 3.05) is 31.5 Å². The zero-order chi connectivity index (χ0) is 24.9. The van der Waals surface area contributed by atoms with Gasteiger partial charge in [0, 0.05) is 48.3 Å². The molecule has 4 N–H and O–H groups in total. The molecule has 9 heteroatoms. The van der Waals surface area contributed by atoms with Crippen LogP contribution in [0.5, 0.6) is 0 Å². The third kappa shape index (κ3) is 5.51. The number of H-pyrrole nitrogens is 1. The Labute approximate surface area is 214 Å². The van der Waals surface area contributed by atoms with Crippen molar-refractivity contribution in [3.63, 3.8) is 0 Å². The standard InChI is InChI=1S/C27H29ClN6O2/c28-22-15-31-27(33-26(22)21-14-30-23-9-5-4-8-20(21)23)32-19-10-12-34(13-11-19)25(36)17-29-16-24(35)18-6-2-1-3-7-18/h1-9,14-15,19,24,29-30,35H,10-13,16-17H2,(H,31,32,33). The van der Waals surface area contributed by atoms with Crippen molar-refractivity contribution in [2.45, 2.75) is 25.0 Å². The molecule has 1 aliphatic rings. The number of nitrogens with one attached hydrogen (secondary N) is 3. The number of hydrogen-bond donors (Lipinski definition) is 4. The van der Waals surface area contributed by atoms with Crippen LogP contribution in [0, 0.1) is 0 Å². The van der Waals surface area contributed by atoms with E-state index in [4.69, 9.17) is 16.6 Å². The number of amides is 1. The van der Waals surface area contributed by atoms with E-state index < -0.39 is 6.10 Å². The average molecular weight is 505 g/mol. The second-order valence-electron chi connectivity index (χ2n) is 8.99. The number of aliphatic hydroxyl groups is 1. The van der Waals surface area contributed by atoms with Crippen LogP contribution in [-0.4, -0.2) is 63.1 Å². The Morgan fingerprint density at radius 1 is 1.14 bits per heavy atom. The quantitative estimate of drug-likeness (QED) is 0.289. The van der Waals surface area contributed by atoms with Gasteiger partial charge in [-0.15, -0.1) is 0 Å². The molecule has 0 saturated carbocycles. The molecular formula is C27H29ClN6O2. The number of carbonyl (C=O) groups is 1. The molecule has 2 aromatic carbocycles. The highest BCUT2D eigenvalue weighted by molar-refractivity contribution is 6.33. The number of nitrogens with zero attached hydrogens (tertiary/aromatic N) is 3. The Bertz CT molecular complexity index is 1320. The Balaban J connectivity index is 1.13. The van der Waals surface area contributed by atoms with E-state index in [0.717, 1.165) is 34.9 Å². The number of piperidine rings is 1. The lowest BCUT2D eigenvalue weighted by Gasteiger charge is -2.32. The van der Waals surface area contributed by atoms with Gasteiger partial charge in [-0.25, -0.2) is 9.97 Å². The van der Waals surface area contributed by atoms with Gasteiger partial charge in [-0.05, 0) is 24.5 Å². The predicted molar refractivity (Wildman–Crippen MR) is 142 cm³/mol. The maximum absolute atomic E-state index is 12.6. The molecule has 1 saturated heterocycles. The largest absolute Gasteiger partial charge is 0.387 e. The second-order valence-corrected chi connectivity index (χ2v) is 9.40. The fourth-order valence-corrected chi connectivity index (χ4v) is 4.76. The van der Waals surface area contributed by atoms with Crippen LogP contribution in [0.1, 0.15) is 24.5 Å². The number of fused-ring (bicyclic) bond motifs is 1. The Hall–Kier alpha value is -3.46. The molecule has 186 valence electrons. The van der Waals surface area contributed by atoms with Gasteiger partial charge < -0.3 is 25.6 Å². The first-order chi connectivity index (χ1) is 17.6. The highest BCUT2D eigenvalue weighted by Crippen LogP contribution is 2.32. The van der Waals surface area contributed by atoms with Crippen molar-refractivity contribution in [3.05, 3.63) is 77.6 Å². The van der Waals surface area contributed by atoms with E-state index in [2.05, 4.69) is 20.6 Å². The van der Waals surface area contributed by atoms with E-state index in [9.17, 15) is 9.90 Å². The number of aliphatic hydroxyl groups excluding tert-OH is 1. The van der Waals surface area contributed by atoms with Crippen LogP contribution < -0.4 is 10.6 Å². The smallest absolute Gasteiger partial charge is 0.236 e. The number of aromatic amines is 1. The Morgan fingerprint density at radius 2 is 1.89 bits per heavy atom. The van der Waals surface area contributed by atoms with Gasteiger partial charge in [0.25, 0.3) is 0 Å². The predicted octanol–water partition coefficient (Wildman–Crippen LogP) is 4.00. The lowest BCUT2D eigenvalue weighted by molar-refractivity contribution is -0.131. The van der Waals surface area contributed by atoms with Crippen LogP contribution >= 0.6 is 11.6 Å². The highest BCUT2D eigenvalue weighted by Gasteiger charge is 2.23. The minimum absolute atomic E-state index is 0.0399. The summed E-state index contributed by atoms with van der Waals surface area (Å²) in [7, 11) is 0. The summed E-state index contributed by atoms with van der Waals surface area (Å²) in [4.78, 5) is 26.8. The maximum atomic E-state index is 12.6. The summed E-state index contributed by atoms with van der Waals surface area (Å²) in [5.74, 6) is 0.569. The number of rotatable bonds is 8. The van der Waals surface area contributed by atoms with Crippen LogP contribution in [0.25, 0.3) is 22.2 Å². The van der Waals surface area contributed by atoms with Gasteiger partial charge in [0.1, 0.15) is 0 Å². The number of halogens is 1. The van der Waals surface area contributed by atoms with Gasteiger partial charge >= 0.3 is 0 Å². The van der Waals surface area contributed by atoms with E-state index >= 15 is 0 Å². The molecule has 5 rings (SSSR count). The van der Waals surface area contributed by atoms with Crippen molar-refractivity contribution in [1.29, 1.82) is 0 Å². The Kier molecular flexibility index (Phi) is 7.46. The number of anilines is 1. The van der Waals surface area contributed by atoms with Gasteiger partial charge in [-0.1, -0.05) is 60.1 Å². The first-order valence-corrected chi connectivity index (χ1v) is 12.5. The molecule has 1 amide bonds. The molecule has 4 aromatic rings. The SMILES string of the molecule is O=C(CNCC(O)c1ccccc1)N1CCC(Nc2ncc(Cl)c(-c3c[nH]c4ccccc34)n2)CC1. The second kappa shape index (κ2) is 11.1. The van der Waals surface area contributed by atoms with E-state index in [1.807, 2.05) is 65.7 Å².